The second-order valence-electron chi connectivity index (χ2n) is 10.5. The highest BCUT2D eigenvalue weighted by atomic mass is 16.5. The van der Waals surface area contributed by atoms with Gasteiger partial charge in [0.2, 0.25) is 0 Å². The van der Waals surface area contributed by atoms with Crippen molar-refractivity contribution >= 4 is 11.8 Å². The van der Waals surface area contributed by atoms with Crippen LogP contribution < -0.4 is 19.5 Å². The van der Waals surface area contributed by atoms with Crippen molar-refractivity contribution in [2.45, 2.75) is 25.8 Å². The maximum absolute atomic E-state index is 14.0. The standard InChI is InChI=1S/C32H32N4O6/c1-19-15-26(35(2)34-19)32(39)36-13-11-20-16-22-6-8-24(20)30(36)21-5-10-28(40-3)29(17-21)41-14-4-12-33-31(38)25-18-23(42-22)7-9-27(25)37/h5-10,15-18,30,37H,4,11-14H2,1-3H3,(H,33,38). The molecule has 0 fully saturated rings. The Morgan fingerprint density at radius 2 is 1.90 bits per heavy atom. The van der Waals surface area contributed by atoms with Crippen LogP contribution >= 0.6 is 0 Å². The van der Waals surface area contributed by atoms with Gasteiger partial charge in [-0.2, -0.15) is 5.10 Å². The second kappa shape index (κ2) is 11.1. The fourth-order valence-electron chi connectivity index (χ4n) is 5.63. The molecular weight excluding hydrogens is 536 g/mol. The average molecular weight is 569 g/mol. The van der Waals surface area contributed by atoms with Crippen LogP contribution in [0.3, 0.4) is 0 Å². The van der Waals surface area contributed by atoms with Crippen LogP contribution in [0.4, 0.5) is 0 Å². The highest BCUT2D eigenvalue weighted by Gasteiger charge is 2.34. The van der Waals surface area contributed by atoms with E-state index < -0.39 is 11.9 Å². The van der Waals surface area contributed by atoms with Gasteiger partial charge in [-0.05, 0) is 85.0 Å². The van der Waals surface area contributed by atoms with Crippen LogP contribution in [0.1, 0.15) is 55.7 Å². The first-order chi connectivity index (χ1) is 20.3. The molecule has 4 heterocycles. The van der Waals surface area contributed by atoms with Crippen molar-refractivity contribution in [3.8, 4) is 28.7 Å². The summed E-state index contributed by atoms with van der Waals surface area (Å²) in [4.78, 5) is 28.6. The number of carbonyl (C=O) groups is 2. The quantitative estimate of drug-likeness (QED) is 0.365. The maximum atomic E-state index is 14.0. The zero-order chi connectivity index (χ0) is 29.4. The zero-order valence-corrected chi connectivity index (χ0v) is 23.7. The molecule has 0 saturated carbocycles. The van der Waals surface area contributed by atoms with E-state index in [2.05, 4.69) is 10.4 Å². The fraction of sp³-hybridized carbons (Fsp3) is 0.281. The zero-order valence-electron chi connectivity index (χ0n) is 23.7. The number of nitrogens with zero attached hydrogens (tertiary/aromatic N) is 3. The molecule has 0 spiro atoms. The third-order valence-electron chi connectivity index (χ3n) is 7.64. The molecule has 3 aliphatic rings. The van der Waals surface area contributed by atoms with Crippen molar-refractivity contribution in [3.63, 3.8) is 0 Å². The molecule has 2 amide bonds. The van der Waals surface area contributed by atoms with E-state index >= 15 is 0 Å². The molecule has 0 aliphatic carbocycles. The van der Waals surface area contributed by atoms with Crippen LogP contribution in [0.2, 0.25) is 0 Å². The van der Waals surface area contributed by atoms with Crippen molar-refractivity contribution in [1.29, 1.82) is 0 Å². The summed E-state index contributed by atoms with van der Waals surface area (Å²) in [6, 6.07) is 17.5. The minimum atomic E-state index is -0.402. The van der Waals surface area contributed by atoms with Crippen LogP contribution in [0.25, 0.3) is 0 Å². The number of rotatable bonds is 2. The smallest absolute Gasteiger partial charge is 0.272 e. The number of phenols is 1. The molecule has 1 aromatic heterocycles. The van der Waals surface area contributed by atoms with Gasteiger partial charge < -0.3 is 29.5 Å². The number of fused-ring (bicyclic) bond motifs is 6. The molecule has 3 aromatic carbocycles. The number of hydrogen-bond acceptors (Lipinski definition) is 7. The summed E-state index contributed by atoms with van der Waals surface area (Å²) < 4.78 is 19.5. The van der Waals surface area contributed by atoms with Gasteiger partial charge in [-0.1, -0.05) is 12.1 Å². The number of carbonyl (C=O) groups excluding carboxylic acids is 2. The molecule has 42 heavy (non-hydrogen) atoms. The third kappa shape index (κ3) is 5.11. The monoisotopic (exact) mass is 568 g/mol. The van der Waals surface area contributed by atoms with Crippen LogP contribution in [0.5, 0.6) is 28.7 Å². The average Bonchev–Trinajstić information content (AvgIpc) is 3.33. The number of methoxy groups -OCH3 is 1. The summed E-state index contributed by atoms with van der Waals surface area (Å²) in [6.45, 7) is 3.01. The Bertz CT molecular complexity index is 1680. The van der Waals surface area contributed by atoms with Crippen LogP contribution in [-0.2, 0) is 13.5 Å². The van der Waals surface area contributed by atoms with Gasteiger partial charge >= 0.3 is 0 Å². The van der Waals surface area contributed by atoms with Crippen LogP contribution in [-0.4, -0.2) is 58.4 Å². The summed E-state index contributed by atoms with van der Waals surface area (Å²) in [5.41, 5.74) is 4.32. The third-order valence-corrected chi connectivity index (χ3v) is 7.64. The fourth-order valence-corrected chi connectivity index (χ4v) is 5.63. The largest absolute Gasteiger partial charge is 0.507 e. The van der Waals surface area contributed by atoms with Crippen LogP contribution in [0.15, 0.2) is 60.7 Å². The van der Waals surface area contributed by atoms with E-state index in [1.165, 1.54) is 12.1 Å². The molecule has 4 aromatic rings. The Labute approximate surface area is 243 Å². The number of aromatic hydroxyl groups is 1. The lowest BCUT2D eigenvalue weighted by molar-refractivity contribution is 0.0682. The van der Waals surface area contributed by atoms with Crippen LogP contribution in [0, 0.1) is 6.92 Å². The lowest BCUT2D eigenvalue weighted by Crippen LogP contribution is -2.41. The number of phenolic OH excluding ortho intramolecular Hbond substituents is 1. The second-order valence-corrected chi connectivity index (χ2v) is 10.5. The maximum Gasteiger partial charge on any atom is 0.272 e. The highest BCUT2D eigenvalue weighted by molar-refractivity contribution is 5.97. The Morgan fingerprint density at radius 3 is 2.69 bits per heavy atom. The minimum Gasteiger partial charge on any atom is -0.507 e. The van der Waals surface area contributed by atoms with Gasteiger partial charge in [0, 0.05) is 20.1 Å². The molecule has 0 saturated heterocycles. The van der Waals surface area contributed by atoms with Crippen molar-refractivity contribution < 1.29 is 28.9 Å². The van der Waals surface area contributed by atoms with E-state index in [1.54, 1.807) is 24.9 Å². The number of hydrogen-bond donors (Lipinski definition) is 2. The number of aromatic nitrogens is 2. The lowest BCUT2D eigenvalue weighted by atomic mass is 9.87. The summed E-state index contributed by atoms with van der Waals surface area (Å²) in [5, 5.41) is 17.5. The van der Waals surface area contributed by atoms with Gasteiger partial charge in [-0.25, -0.2) is 0 Å². The topological polar surface area (TPSA) is 115 Å². The molecule has 216 valence electrons. The van der Waals surface area contributed by atoms with Crippen molar-refractivity contribution in [2.75, 3.05) is 26.8 Å². The molecule has 3 aliphatic heterocycles. The first-order valence-corrected chi connectivity index (χ1v) is 13.9. The van der Waals surface area contributed by atoms with Gasteiger partial charge in [-0.15, -0.1) is 0 Å². The van der Waals surface area contributed by atoms with E-state index in [0.717, 1.165) is 22.4 Å². The van der Waals surface area contributed by atoms with E-state index in [-0.39, 0.29) is 17.2 Å². The summed E-state index contributed by atoms with van der Waals surface area (Å²) >= 11 is 0. The van der Waals surface area contributed by atoms with E-state index in [9.17, 15) is 14.7 Å². The van der Waals surface area contributed by atoms with Gasteiger partial charge in [0.15, 0.2) is 11.5 Å². The predicted octanol–water partition coefficient (Wildman–Crippen LogP) is 4.54. The summed E-state index contributed by atoms with van der Waals surface area (Å²) in [5.74, 6) is 1.49. The Kier molecular flexibility index (Phi) is 7.20. The minimum absolute atomic E-state index is 0.109. The molecule has 10 nitrogen and oxygen atoms in total. The van der Waals surface area contributed by atoms with E-state index in [0.29, 0.717) is 61.2 Å². The van der Waals surface area contributed by atoms with Gasteiger partial charge in [0.05, 0.1) is 31.0 Å². The molecule has 7 rings (SSSR count). The molecular formula is C32H32N4O6. The van der Waals surface area contributed by atoms with Crippen molar-refractivity contribution in [3.05, 3.63) is 94.3 Å². The van der Waals surface area contributed by atoms with E-state index in [4.69, 9.17) is 14.2 Å². The number of aryl methyl sites for hydroxylation is 2. The van der Waals surface area contributed by atoms with Crippen molar-refractivity contribution in [2.24, 2.45) is 7.05 Å². The molecule has 0 radical (unpaired) electrons. The Morgan fingerprint density at radius 1 is 1.10 bits per heavy atom. The molecule has 1 atom stereocenters. The highest BCUT2D eigenvalue weighted by Crippen LogP contribution is 2.41. The SMILES string of the molecule is COc1ccc2cc1OCCCNC(=O)c1cc(ccc1O)Oc1ccc3c(c1)CCN(C(=O)c1cc(C)nn1C)C23. The van der Waals surface area contributed by atoms with Crippen molar-refractivity contribution in [1.82, 2.24) is 20.0 Å². The van der Waals surface area contributed by atoms with Gasteiger partial charge in [-0.3, -0.25) is 14.3 Å². The number of nitrogens with one attached hydrogen (secondary N) is 1. The first kappa shape index (κ1) is 27.2. The van der Waals surface area contributed by atoms with Gasteiger partial charge in [0.1, 0.15) is 22.9 Å². The Balaban J connectivity index is 1.47. The molecule has 8 bridgehead atoms. The van der Waals surface area contributed by atoms with E-state index in [1.807, 2.05) is 54.3 Å². The Hall–Kier alpha value is -4.99. The lowest BCUT2D eigenvalue weighted by Gasteiger charge is -2.38. The molecule has 10 heteroatoms. The number of ether oxygens (including phenoxy) is 3. The first-order valence-electron chi connectivity index (χ1n) is 13.9. The summed E-state index contributed by atoms with van der Waals surface area (Å²) in [7, 11) is 3.36. The predicted molar refractivity (Wildman–Crippen MR) is 155 cm³/mol. The number of amides is 2. The normalized spacial score (nSPS) is 16.5. The molecule has 2 N–H and O–H groups in total. The van der Waals surface area contributed by atoms with Gasteiger partial charge in [0.25, 0.3) is 11.8 Å². The molecule has 1 unspecified atom stereocenters. The summed E-state index contributed by atoms with van der Waals surface area (Å²) in [6.07, 6.45) is 1.14. The number of benzene rings is 3.